The zero-order valence-electron chi connectivity index (χ0n) is 8.43. The van der Waals surface area contributed by atoms with Gasteiger partial charge < -0.3 is 15.0 Å². The molecule has 4 heteroatoms. The maximum atomic E-state index is 5.55. The van der Waals surface area contributed by atoms with Crippen molar-refractivity contribution in [2.45, 2.75) is 6.54 Å². The van der Waals surface area contributed by atoms with E-state index in [1.54, 1.807) is 13.3 Å². The van der Waals surface area contributed by atoms with Gasteiger partial charge in [-0.3, -0.25) is 0 Å². The summed E-state index contributed by atoms with van der Waals surface area (Å²) in [5.41, 5.74) is 7.38. The molecule has 0 atom stereocenters. The second-order valence-electron chi connectivity index (χ2n) is 3.07. The third-order valence-electron chi connectivity index (χ3n) is 2.23. The van der Waals surface area contributed by atoms with Gasteiger partial charge >= 0.3 is 0 Å². The van der Waals surface area contributed by atoms with Crippen molar-refractivity contribution in [3.05, 3.63) is 36.2 Å². The molecule has 78 valence electrons. The lowest BCUT2D eigenvalue weighted by Gasteiger charge is -2.06. The van der Waals surface area contributed by atoms with Gasteiger partial charge in [0.15, 0.2) is 5.76 Å². The van der Waals surface area contributed by atoms with Gasteiger partial charge in [0, 0.05) is 11.1 Å². The van der Waals surface area contributed by atoms with E-state index < -0.39 is 0 Å². The molecule has 0 saturated carbocycles. The van der Waals surface area contributed by atoms with Crippen molar-refractivity contribution in [1.82, 2.24) is 5.16 Å². The summed E-state index contributed by atoms with van der Waals surface area (Å²) in [5, 5.41) is 3.73. The van der Waals surface area contributed by atoms with Crippen LogP contribution in [-0.2, 0) is 6.54 Å². The molecule has 0 aliphatic carbocycles. The van der Waals surface area contributed by atoms with E-state index in [1.807, 2.05) is 24.3 Å². The molecule has 0 amide bonds. The standard InChI is InChI=1S/C11H12N2O2/c1-14-10-5-3-2-4-8(10)9-7-13-15-11(9)6-12/h2-5,7H,6,12H2,1H3. The molecule has 2 N–H and O–H groups in total. The Hall–Kier alpha value is -1.81. The SMILES string of the molecule is COc1ccccc1-c1cnoc1CN. The fourth-order valence-corrected chi connectivity index (χ4v) is 1.50. The molecule has 1 aromatic heterocycles. The van der Waals surface area contributed by atoms with Crippen LogP contribution in [0.5, 0.6) is 5.75 Å². The molecule has 1 heterocycles. The fraction of sp³-hybridized carbons (Fsp3) is 0.182. The van der Waals surface area contributed by atoms with Crippen molar-refractivity contribution >= 4 is 0 Å². The predicted octanol–water partition coefficient (Wildman–Crippen LogP) is 1.81. The summed E-state index contributed by atoms with van der Waals surface area (Å²) in [6, 6.07) is 7.69. The highest BCUT2D eigenvalue weighted by Crippen LogP contribution is 2.31. The molecule has 4 nitrogen and oxygen atoms in total. The van der Waals surface area contributed by atoms with Crippen LogP contribution >= 0.6 is 0 Å². The van der Waals surface area contributed by atoms with E-state index in [0.29, 0.717) is 12.3 Å². The minimum Gasteiger partial charge on any atom is -0.496 e. The number of hydrogen-bond acceptors (Lipinski definition) is 4. The molecule has 0 unspecified atom stereocenters. The summed E-state index contributed by atoms with van der Waals surface area (Å²) in [6.45, 7) is 0.327. The molecule has 1 aromatic carbocycles. The van der Waals surface area contributed by atoms with Crippen LogP contribution in [0.25, 0.3) is 11.1 Å². The summed E-state index contributed by atoms with van der Waals surface area (Å²) in [5.74, 6) is 1.45. The minimum atomic E-state index is 0.327. The molecule has 0 fully saturated rings. The van der Waals surface area contributed by atoms with Crippen LogP contribution in [0.4, 0.5) is 0 Å². The highest BCUT2D eigenvalue weighted by Gasteiger charge is 2.12. The second kappa shape index (κ2) is 4.14. The maximum Gasteiger partial charge on any atom is 0.158 e. The first-order valence-electron chi connectivity index (χ1n) is 4.64. The predicted molar refractivity (Wildman–Crippen MR) is 56.4 cm³/mol. The first-order valence-corrected chi connectivity index (χ1v) is 4.64. The van der Waals surface area contributed by atoms with Gasteiger partial charge in [0.2, 0.25) is 0 Å². The number of rotatable bonds is 3. The topological polar surface area (TPSA) is 61.3 Å². The van der Waals surface area contributed by atoms with Crippen molar-refractivity contribution in [2.24, 2.45) is 5.73 Å². The zero-order valence-corrected chi connectivity index (χ0v) is 8.43. The molecule has 2 rings (SSSR count). The van der Waals surface area contributed by atoms with E-state index in [1.165, 1.54) is 0 Å². The Morgan fingerprint density at radius 1 is 1.33 bits per heavy atom. The highest BCUT2D eigenvalue weighted by atomic mass is 16.5. The zero-order chi connectivity index (χ0) is 10.7. The Morgan fingerprint density at radius 3 is 2.87 bits per heavy atom. The number of nitrogens with two attached hydrogens (primary N) is 1. The first-order chi connectivity index (χ1) is 7.36. The van der Waals surface area contributed by atoms with Gasteiger partial charge in [0.05, 0.1) is 19.9 Å². The van der Waals surface area contributed by atoms with Crippen LogP contribution < -0.4 is 10.5 Å². The summed E-state index contributed by atoms with van der Waals surface area (Å²) < 4.78 is 10.3. The summed E-state index contributed by atoms with van der Waals surface area (Å²) >= 11 is 0. The molecule has 0 aliphatic heterocycles. The fourth-order valence-electron chi connectivity index (χ4n) is 1.50. The Labute approximate surface area is 87.6 Å². The molecule has 0 spiro atoms. The highest BCUT2D eigenvalue weighted by molar-refractivity contribution is 5.71. The van der Waals surface area contributed by atoms with E-state index in [-0.39, 0.29) is 0 Å². The lowest BCUT2D eigenvalue weighted by atomic mass is 10.1. The number of ether oxygens (including phenoxy) is 1. The number of hydrogen-bond donors (Lipinski definition) is 1. The monoisotopic (exact) mass is 204 g/mol. The molecule has 0 radical (unpaired) electrons. The number of aromatic nitrogens is 1. The van der Waals surface area contributed by atoms with E-state index in [0.717, 1.165) is 16.9 Å². The van der Waals surface area contributed by atoms with Crippen LogP contribution in [0.15, 0.2) is 35.0 Å². The van der Waals surface area contributed by atoms with Crippen molar-refractivity contribution < 1.29 is 9.26 Å². The van der Waals surface area contributed by atoms with Gasteiger partial charge in [-0.05, 0) is 6.07 Å². The Kier molecular flexibility index (Phi) is 2.69. The Balaban J connectivity index is 2.53. The van der Waals surface area contributed by atoms with Gasteiger partial charge in [-0.1, -0.05) is 23.4 Å². The second-order valence-corrected chi connectivity index (χ2v) is 3.07. The van der Waals surface area contributed by atoms with Crippen LogP contribution in [0.2, 0.25) is 0 Å². The molecular weight excluding hydrogens is 192 g/mol. The average molecular weight is 204 g/mol. The molecule has 2 aromatic rings. The first kappa shape index (κ1) is 9.73. The van der Waals surface area contributed by atoms with E-state index in [4.69, 9.17) is 15.0 Å². The van der Waals surface area contributed by atoms with Gasteiger partial charge in [0.1, 0.15) is 5.75 Å². The number of benzene rings is 1. The Morgan fingerprint density at radius 2 is 2.13 bits per heavy atom. The summed E-state index contributed by atoms with van der Waals surface area (Å²) in [6.07, 6.45) is 1.65. The van der Waals surface area contributed by atoms with Crippen molar-refractivity contribution in [3.8, 4) is 16.9 Å². The third-order valence-corrected chi connectivity index (χ3v) is 2.23. The quantitative estimate of drug-likeness (QED) is 0.828. The van der Waals surface area contributed by atoms with Crippen LogP contribution in [0.1, 0.15) is 5.76 Å². The van der Waals surface area contributed by atoms with Gasteiger partial charge in [0.25, 0.3) is 0 Å². The molecular formula is C11H12N2O2. The summed E-state index contributed by atoms with van der Waals surface area (Å²) in [4.78, 5) is 0. The lowest BCUT2D eigenvalue weighted by Crippen LogP contribution is -1.96. The third kappa shape index (κ3) is 1.71. The number of nitrogens with zero attached hydrogens (tertiary/aromatic N) is 1. The van der Waals surface area contributed by atoms with Gasteiger partial charge in [-0.2, -0.15) is 0 Å². The van der Waals surface area contributed by atoms with Gasteiger partial charge in [-0.25, -0.2) is 0 Å². The van der Waals surface area contributed by atoms with E-state index >= 15 is 0 Å². The molecule has 0 saturated heterocycles. The number of methoxy groups -OCH3 is 1. The molecule has 0 aliphatic rings. The minimum absolute atomic E-state index is 0.327. The lowest BCUT2D eigenvalue weighted by molar-refractivity contribution is 0.385. The van der Waals surface area contributed by atoms with Crippen LogP contribution in [0.3, 0.4) is 0 Å². The normalized spacial score (nSPS) is 10.3. The smallest absolute Gasteiger partial charge is 0.158 e. The van der Waals surface area contributed by atoms with Crippen LogP contribution in [0, 0.1) is 0 Å². The maximum absolute atomic E-state index is 5.55. The Bertz CT molecular complexity index is 451. The summed E-state index contributed by atoms with van der Waals surface area (Å²) in [7, 11) is 1.63. The largest absolute Gasteiger partial charge is 0.496 e. The molecule has 15 heavy (non-hydrogen) atoms. The molecule has 0 bridgehead atoms. The van der Waals surface area contributed by atoms with Crippen molar-refractivity contribution in [2.75, 3.05) is 7.11 Å². The average Bonchev–Trinajstić information content (AvgIpc) is 2.76. The number of para-hydroxylation sites is 1. The van der Waals surface area contributed by atoms with Gasteiger partial charge in [-0.15, -0.1) is 0 Å². The van der Waals surface area contributed by atoms with E-state index in [2.05, 4.69) is 5.16 Å². The van der Waals surface area contributed by atoms with Crippen molar-refractivity contribution in [3.63, 3.8) is 0 Å². The van der Waals surface area contributed by atoms with E-state index in [9.17, 15) is 0 Å². The van der Waals surface area contributed by atoms with Crippen LogP contribution in [-0.4, -0.2) is 12.3 Å². The van der Waals surface area contributed by atoms with Crippen molar-refractivity contribution in [1.29, 1.82) is 0 Å².